The number of halogens is 1. The molecule has 1 heterocycles. The lowest BCUT2D eigenvalue weighted by atomic mass is 10.1. The fourth-order valence-corrected chi connectivity index (χ4v) is 2.47. The average molecular weight is 282 g/mol. The van der Waals surface area contributed by atoms with E-state index in [0.717, 1.165) is 31.1 Å². The summed E-state index contributed by atoms with van der Waals surface area (Å²) < 4.78 is 5.27. The topological polar surface area (TPSA) is 29.5 Å². The van der Waals surface area contributed by atoms with Crippen LogP contribution in [-0.4, -0.2) is 30.1 Å². The molecular formula is C15H20ClNO2. The van der Waals surface area contributed by atoms with Crippen LogP contribution in [0.2, 0.25) is 5.02 Å². The van der Waals surface area contributed by atoms with Crippen molar-refractivity contribution in [2.45, 2.75) is 32.9 Å². The van der Waals surface area contributed by atoms with Gasteiger partial charge in [-0.3, -0.25) is 9.69 Å². The van der Waals surface area contributed by atoms with Crippen molar-refractivity contribution in [1.29, 1.82) is 0 Å². The second kappa shape index (κ2) is 6.40. The van der Waals surface area contributed by atoms with Crippen molar-refractivity contribution in [3.63, 3.8) is 0 Å². The summed E-state index contributed by atoms with van der Waals surface area (Å²) in [5.41, 5.74) is 1.22. The number of hydrogen-bond donors (Lipinski definition) is 0. The lowest BCUT2D eigenvalue weighted by molar-refractivity contribution is -0.151. The van der Waals surface area contributed by atoms with E-state index in [-0.39, 0.29) is 18.0 Å². The van der Waals surface area contributed by atoms with Crippen molar-refractivity contribution in [2.24, 2.45) is 5.92 Å². The molecule has 1 aliphatic heterocycles. The monoisotopic (exact) mass is 281 g/mol. The first-order valence-corrected chi connectivity index (χ1v) is 7.09. The van der Waals surface area contributed by atoms with Crippen molar-refractivity contribution in [3.05, 3.63) is 34.9 Å². The summed E-state index contributed by atoms with van der Waals surface area (Å²) in [6.45, 7) is 6.37. The molecule has 0 N–H and O–H groups in total. The van der Waals surface area contributed by atoms with Crippen molar-refractivity contribution < 1.29 is 9.53 Å². The molecule has 0 spiro atoms. The Balaban J connectivity index is 1.85. The molecular weight excluding hydrogens is 262 g/mol. The number of esters is 1. The predicted octanol–water partition coefficient (Wildman–Crippen LogP) is 3.11. The molecule has 1 atom stereocenters. The number of carbonyl (C=O) groups excluding carboxylic acids is 1. The van der Waals surface area contributed by atoms with Gasteiger partial charge in [-0.05, 0) is 44.5 Å². The summed E-state index contributed by atoms with van der Waals surface area (Å²) >= 11 is 5.87. The van der Waals surface area contributed by atoms with Crippen LogP contribution in [0.3, 0.4) is 0 Å². The van der Waals surface area contributed by atoms with Crippen LogP contribution in [0.4, 0.5) is 0 Å². The van der Waals surface area contributed by atoms with E-state index in [2.05, 4.69) is 4.90 Å². The van der Waals surface area contributed by atoms with Crippen LogP contribution < -0.4 is 0 Å². The van der Waals surface area contributed by atoms with E-state index in [4.69, 9.17) is 16.3 Å². The molecule has 1 unspecified atom stereocenters. The van der Waals surface area contributed by atoms with Crippen molar-refractivity contribution in [3.8, 4) is 0 Å². The number of likely N-dealkylation sites (tertiary alicyclic amines) is 1. The highest BCUT2D eigenvalue weighted by Crippen LogP contribution is 2.21. The van der Waals surface area contributed by atoms with E-state index in [0.29, 0.717) is 0 Å². The zero-order valence-electron chi connectivity index (χ0n) is 11.4. The van der Waals surface area contributed by atoms with Gasteiger partial charge in [0.1, 0.15) is 0 Å². The second-order valence-corrected chi connectivity index (χ2v) is 5.77. The van der Waals surface area contributed by atoms with E-state index >= 15 is 0 Å². The highest BCUT2D eigenvalue weighted by Gasteiger charge is 2.29. The van der Waals surface area contributed by atoms with Crippen LogP contribution >= 0.6 is 11.6 Å². The van der Waals surface area contributed by atoms with Gasteiger partial charge in [0.15, 0.2) is 0 Å². The third-order valence-electron chi connectivity index (χ3n) is 3.28. The highest BCUT2D eigenvalue weighted by atomic mass is 35.5. The minimum Gasteiger partial charge on any atom is -0.463 e. The molecule has 104 valence electrons. The quantitative estimate of drug-likeness (QED) is 0.794. The molecule has 1 aromatic carbocycles. The van der Waals surface area contributed by atoms with Gasteiger partial charge in [-0.15, -0.1) is 0 Å². The molecule has 0 bridgehead atoms. The highest BCUT2D eigenvalue weighted by molar-refractivity contribution is 6.30. The van der Waals surface area contributed by atoms with Gasteiger partial charge < -0.3 is 4.74 Å². The molecule has 0 aromatic heterocycles. The molecule has 0 amide bonds. The third kappa shape index (κ3) is 4.22. The summed E-state index contributed by atoms with van der Waals surface area (Å²) in [7, 11) is 0. The van der Waals surface area contributed by atoms with Gasteiger partial charge in [0, 0.05) is 18.1 Å². The zero-order valence-corrected chi connectivity index (χ0v) is 12.2. The minimum atomic E-state index is -0.0615. The van der Waals surface area contributed by atoms with Crippen LogP contribution in [-0.2, 0) is 16.1 Å². The van der Waals surface area contributed by atoms with Gasteiger partial charge in [0.2, 0.25) is 0 Å². The summed E-state index contributed by atoms with van der Waals surface area (Å²) in [4.78, 5) is 14.1. The van der Waals surface area contributed by atoms with Crippen LogP contribution in [0.15, 0.2) is 24.3 Å². The van der Waals surface area contributed by atoms with E-state index in [1.165, 1.54) is 5.56 Å². The van der Waals surface area contributed by atoms with Crippen LogP contribution in [0.5, 0.6) is 0 Å². The first kappa shape index (κ1) is 14.4. The largest absolute Gasteiger partial charge is 0.463 e. The smallest absolute Gasteiger partial charge is 0.310 e. The van der Waals surface area contributed by atoms with Crippen LogP contribution in [0, 0.1) is 5.92 Å². The zero-order chi connectivity index (χ0) is 13.8. The standard InChI is InChI=1S/C15H20ClNO2/c1-11(2)19-15(18)13-7-8-17(10-13)9-12-3-5-14(16)6-4-12/h3-6,11,13H,7-10H2,1-2H3. The second-order valence-electron chi connectivity index (χ2n) is 5.33. The van der Waals surface area contributed by atoms with Gasteiger partial charge in [-0.25, -0.2) is 0 Å². The molecule has 1 aliphatic rings. The van der Waals surface area contributed by atoms with Crippen molar-refractivity contribution >= 4 is 17.6 Å². The van der Waals surface area contributed by atoms with Gasteiger partial charge in [-0.1, -0.05) is 23.7 Å². The molecule has 4 heteroatoms. The molecule has 0 radical (unpaired) electrons. The van der Waals surface area contributed by atoms with E-state index in [1.54, 1.807) is 0 Å². The number of carbonyl (C=O) groups is 1. The summed E-state index contributed by atoms with van der Waals surface area (Å²) in [5, 5.41) is 0.753. The Hall–Kier alpha value is -1.06. The average Bonchev–Trinajstić information content (AvgIpc) is 2.80. The molecule has 3 nitrogen and oxygen atoms in total. The first-order chi connectivity index (χ1) is 9.04. The fraction of sp³-hybridized carbons (Fsp3) is 0.533. The van der Waals surface area contributed by atoms with E-state index < -0.39 is 0 Å². The maximum atomic E-state index is 11.8. The first-order valence-electron chi connectivity index (χ1n) is 6.72. The Kier molecular flexibility index (Phi) is 4.83. The molecule has 0 aliphatic carbocycles. The lowest BCUT2D eigenvalue weighted by Gasteiger charge is -2.16. The van der Waals surface area contributed by atoms with Crippen molar-refractivity contribution in [1.82, 2.24) is 4.90 Å². The SMILES string of the molecule is CC(C)OC(=O)C1CCN(Cc2ccc(Cl)cc2)C1. The molecule has 2 rings (SSSR count). The Labute approximate surface area is 119 Å². The van der Waals surface area contributed by atoms with Gasteiger partial charge in [0.05, 0.1) is 12.0 Å². The maximum absolute atomic E-state index is 11.8. The van der Waals surface area contributed by atoms with E-state index in [9.17, 15) is 4.79 Å². The fourth-order valence-electron chi connectivity index (χ4n) is 2.35. The third-order valence-corrected chi connectivity index (χ3v) is 3.53. The minimum absolute atomic E-state index is 0.0229. The molecule has 1 saturated heterocycles. The van der Waals surface area contributed by atoms with Gasteiger partial charge in [-0.2, -0.15) is 0 Å². The van der Waals surface area contributed by atoms with Crippen LogP contribution in [0.25, 0.3) is 0 Å². The lowest BCUT2D eigenvalue weighted by Crippen LogP contribution is -2.25. The Morgan fingerprint density at radius 2 is 2.11 bits per heavy atom. The number of ether oxygens (including phenoxy) is 1. The number of hydrogen-bond acceptors (Lipinski definition) is 3. The number of rotatable bonds is 4. The summed E-state index contributed by atoms with van der Waals surface area (Å²) in [6, 6.07) is 7.86. The molecule has 19 heavy (non-hydrogen) atoms. The Bertz CT molecular complexity index is 430. The van der Waals surface area contributed by atoms with E-state index in [1.807, 2.05) is 38.1 Å². The van der Waals surface area contributed by atoms with Crippen molar-refractivity contribution in [2.75, 3.05) is 13.1 Å². The summed E-state index contributed by atoms with van der Waals surface area (Å²) in [5.74, 6) is -0.0386. The maximum Gasteiger partial charge on any atom is 0.310 e. The summed E-state index contributed by atoms with van der Waals surface area (Å²) in [6.07, 6.45) is 0.858. The molecule has 1 fully saturated rings. The van der Waals surface area contributed by atoms with Gasteiger partial charge >= 0.3 is 5.97 Å². The Morgan fingerprint density at radius 1 is 1.42 bits per heavy atom. The van der Waals surface area contributed by atoms with Gasteiger partial charge in [0.25, 0.3) is 0 Å². The Morgan fingerprint density at radius 3 is 2.74 bits per heavy atom. The number of benzene rings is 1. The molecule has 0 saturated carbocycles. The predicted molar refractivity (Wildman–Crippen MR) is 76.1 cm³/mol. The number of nitrogens with zero attached hydrogens (tertiary/aromatic N) is 1. The molecule has 1 aromatic rings. The normalized spacial score (nSPS) is 19.9. The van der Waals surface area contributed by atoms with Crippen LogP contribution in [0.1, 0.15) is 25.8 Å².